The first-order valence-corrected chi connectivity index (χ1v) is 4.31. The van der Waals surface area contributed by atoms with Gasteiger partial charge < -0.3 is 19.7 Å². The fourth-order valence-corrected chi connectivity index (χ4v) is 1.27. The van der Waals surface area contributed by atoms with Crippen LogP contribution >= 0.6 is 0 Å². The molecule has 0 radical (unpaired) electrons. The van der Waals surface area contributed by atoms with Crippen LogP contribution in [-0.4, -0.2) is 48.8 Å². The lowest BCUT2D eigenvalue weighted by Gasteiger charge is -2.29. The van der Waals surface area contributed by atoms with Crippen LogP contribution in [0.5, 0.6) is 0 Å². The van der Waals surface area contributed by atoms with Crippen molar-refractivity contribution in [2.75, 3.05) is 26.4 Å². The highest BCUT2D eigenvalue weighted by atomic mass is 16.6. The highest BCUT2D eigenvalue weighted by molar-refractivity contribution is 4.67. The molecule has 0 aromatic carbocycles. The Morgan fingerprint density at radius 2 is 1.50 bits per heavy atom. The summed E-state index contributed by atoms with van der Waals surface area (Å²) in [5.41, 5.74) is 0. The summed E-state index contributed by atoms with van der Waals surface area (Å²) in [6.45, 7) is 1.37. The Kier molecular flexibility index (Phi) is 4.53. The van der Waals surface area contributed by atoms with E-state index in [2.05, 4.69) is 0 Å². The third-order valence-electron chi connectivity index (χ3n) is 1.89. The molecule has 1 saturated heterocycles. The van der Waals surface area contributed by atoms with Gasteiger partial charge in [-0.25, -0.2) is 0 Å². The molecular weight excluding hydrogens is 160 g/mol. The first-order chi connectivity index (χ1) is 5.86. The fourth-order valence-electron chi connectivity index (χ4n) is 1.27. The van der Waals surface area contributed by atoms with Crippen LogP contribution in [0.1, 0.15) is 12.8 Å². The average molecular weight is 176 g/mol. The molecular formula is C8H16O4. The quantitative estimate of drug-likeness (QED) is 0.608. The summed E-state index contributed by atoms with van der Waals surface area (Å²) >= 11 is 0. The van der Waals surface area contributed by atoms with Crippen LogP contribution in [0.4, 0.5) is 0 Å². The van der Waals surface area contributed by atoms with E-state index in [0.29, 0.717) is 26.1 Å². The summed E-state index contributed by atoms with van der Waals surface area (Å²) in [6, 6.07) is 0. The minimum Gasteiger partial charge on any atom is -0.396 e. The van der Waals surface area contributed by atoms with Gasteiger partial charge in [0.1, 0.15) is 0 Å². The Morgan fingerprint density at radius 3 is 1.92 bits per heavy atom. The molecule has 0 aliphatic carbocycles. The van der Waals surface area contributed by atoms with E-state index in [1.807, 2.05) is 0 Å². The van der Waals surface area contributed by atoms with Crippen molar-refractivity contribution in [2.45, 2.75) is 25.0 Å². The number of aliphatic hydroxyl groups is 2. The molecule has 1 fully saturated rings. The first-order valence-electron chi connectivity index (χ1n) is 4.31. The molecule has 2 unspecified atom stereocenters. The molecule has 72 valence electrons. The molecule has 1 rings (SSSR count). The van der Waals surface area contributed by atoms with Gasteiger partial charge in [0.25, 0.3) is 0 Å². The second-order valence-corrected chi connectivity index (χ2v) is 2.94. The van der Waals surface area contributed by atoms with E-state index in [4.69, 9.17) is 19.7 Å². The van der Waals surface area contributed by atoms with Crippen molar-refractivity contribution in [1.82, 2.24) is 0 Å². The Labute approximate surface area is 72.1 Å². The summed E-state index contributed by atoms with van der Waals surface area (Å²) in [5, 5.41) is 17.3. The van der Waals surface area contributed by atoms with E-state index in [1.54, 1.807) is 0 Å². The molecule has 2 N–H and O–H groups in total. The highest BCUT2D eigenvalue weighted by Gasteiger charge is 2.21. The van der Waals surface area contributed by atoms with E-state index in [9.17, 15) is 0 Å². The Balaban J connectivity index is 2.20. The van der Waals surface area contributed by atoms with Gasteiger partial charge in [0, 0.05) is 13.2 Å². The van der Waals surface area contributed by atoms with Crippen molar-refractivity contribution in [3.8, 4) is 0 Å². The number of hydrogen-bond donors (Lipinski definition) is 2. The van der Waals surface area contributed by atoms with Crippen LogP contribution in [0.15, 0.2) is 0 Å². The van der Waals surface area contributed by atoms with Crippen molar-refractivity contribution in [2.24, 2.45) is 0 Å². The first kappa shape index (κ1) is 9.92. The summed E-state index contributed by atoms with van der Waals surface area (Å²) in [7, 11) is 0. The van der Waals surface area contributed by atoms with Crippen LogP contribution in [-0.2, 0) is 9.47 Å². The van der Waals surface area contributed by atoms with Crippen LogP contribution in [0.2, 0.25) is 0 Å². The molecule has 0 saturated carbocycles. The highest BCUT2D eigenvalue weighted by Crippen LogP contribution is 2.12. The van der Waals surface area contributed by atoms with Gasteiger partial charge in [-0.1, -0.05) is 0 Å². The minimum absolute atomic E-state index is 0.000278. The molecule has 0 aromatic rings. The lowest BCUT2D eigenvalue weighted by Crippen LogP contribution is -2.37. The van der Waals surface area contributed by atoms with Gasteiger partial charge in [-0.3, -0.25) is 0 Å². The molecule has 0 aromatic heterocycles. The molecule has 0 amide bonds. The van der Waals surface area contributed by atoms with Gasteiger partial charge in [0.05, 0.1) is 25.4 Å². The largest absolute Gasteiger partial charge is 0.396 e. The zero-order valence-corrected chi connectivity index (χ0v) is 7.11. The maximum Gasteiger partial charge on any atom is 0.0835 e. The van der Waals surface area contributed by atoms with Crippen molar-refractivity contribution in [1.29, 1.82) is 0 Å². The minimum atomic E-state index is 0.000278. The van der Waals surface area contributed by atoms with Gasteiger partial charge >= 0.3 is 0 Å². The van der Waals surface area contributed by atoms with E-state index in [0.717, 1.165) is 0 Å². The smallest absolute Gasteiger partial charge is 0.0835 e. The molecule has 4 nitrogen and oxygen atoms in total. The standard InChI is InChI=1S/C8H16O4/c9-3-1-7-5-11-6-8(12-7)2-4-10/h7-10H,1-6H2. The maximum atomic E-state index is 8.65. The van der Waals surface area contributed by atoms with E-state index in [-0.39, 0.29) is 25.4 Å². The molecule has 12 heavy (non-hydrogen) atoms. The number of aliphatic hydroxyl groups excluding tert-OH is 2. The Morgan fingerprint density at radius 1 is 1.00 bits per heavy atom. The number of ether oxygens (including phenoxy) is 2. The maximum absolute atomic E-state index is 8.65. The predicted molar refractivity (Wildman–Crippen MR) is 42.9 cm³/mol. The van der Waals surface area contributed by atoms with Gasteiger partial charge in [-0.2, -0.15) is 0 Å². The van der Waals surface area contributed by atoms with Crippen molar-refractivity contribution in [3.05, 3.63) is 0 Å². The van der Waals surface area contributed by atoms with Gasteiger partial charge in [-0.05, 0) is 12.8 Å². The Hall–Kier alpha value is -0.160. The second kappa shape index (κ2) is 5.48. The molecule has 2 atom stereocenters. The Bertz CT molecular complexity index is 102. The van der Waals surface area contributed by atoms with Crippen molar-refractivity contribution in [3.63, 3.8) is 0 Å². The summed E-state index contributed by atoms with van der Waals surface area (Å²) in [4.78, 5) is 0. The van der Waals surface area contributed by atoms with Gasteiger partial charge in [0.2, 0.25) is 0 Å². The molecule has 1 heterocycles. The fraction of sp³-hybridized carbons (Fsp3) is 1.00. The summed E-state index contributed by atoms with van der Waals surface area (Å²) in [6.07, 6.45) is 1.23. The second-order valence-electron chi connectivity index (χ2n) is 2.94. The van der Waals surface area contributed by atoms with Gasteiger partial charge in [0.15, 0.2) is 0 Å². The topological polar surface area (TPSA) is 58.9 Å². The van der Waals surface area contributed by atoms with Crippen molar-refractivity contribution >= 4 is 0 Å². The zero-order valence-electron chi connectivity index (χ0n) is 7.11. The molecule has 1 aliphatic rings. The lowest BCUT2D eigenvalue weighted by atomic mass is 10.2. The van der Waals surface area contributed by atoms with E-state index >= 15 is 0 Å². The predicted octanol–water partition coefficient (Wildman–Crippen LogP) is -0.465. The van der Waals surface area contributed by atoms with Crippen LogP contribution in [0.3, 0.4) is 0 Å². The molecule has 4 heteroatoms. The summed E-state index contributed by atoms with van der Waals surface area (Å²) < 4.78 is 10.8. The third-order valence-corrected chi connectivity index (χ3v) is 1.89. The number of rotatable bonds is 4. The van der Waals surface area contributed by atoms with E-state index < -0.39 is 0 Å². The number of hydrogen-bond acceptors (Lipinski definition) is 4. The third kappa shape index (κ3) is 3.06. The normalized spacial score (nSPS) is 30.5. The average Bonchev–Trinajstić information content (AvgIpc) is 2.06. The summed E-state index contributed by atoms with van der Waals surface area (Å²) in [5.74, 6) is 0. The molecule has 0 spiro atoms. The van der Waals surface area contributed by atoms with Crippen LogP contribution < -0.4 is 0 Å². The van der Waals surface area contributed by atoms with Crippen LogP contribution in [0, 0.1) is 0 Å². The SMILES string of the molecule is OCCC1COCC(CCO)O1. The van der Waals surface area contributed by atoms with Crippen LogP contribution in [0.25, 0.3) is 0 Å². The van der Waals surface area contributed by atoms with Gasteiger partial charge in [-0.15, -0.1) is 0 Å². The van der Waals surface area contributed by atoms with Crippen molar-refractivity contribution < 1.29 is 19.7 Å². The van der Waals surface area contributed by atoms with E-state index in [1.165, 1.54) is 0 Å². The zero-order chi connectivity index (χ0) is 8.81. The molecule has 1 aliphatic heterocycles. The monoisotopic (exact) mass is 176 g/mol. The molecule has 0 bridgehead atoms. The lowest BCUT2D eigenvalue weighted by molar-refractivity contribution is -0.146.